The zero-order valence-electron chi connectivity index (χ0n) is 16.2. The van der Waals surface area contributed by atoms with Gasteiger partial charge < -0.3 is 9.64 Å². The summed E-state index contributed by atoms with van der Waals surface area (Å²) in [6.45, 7) is 8.42. The van der Waals surface area contributed by atoms with Gasteiger partial charge in [0.1, 0.15) is 11.6 Å². The Kier molecular flexibility index (Phi) is 6.11. The molecular weight excluding hydrogens is 343 g/mol. The first-order valence-electron chi connectivity index (χ1n) is 9.40. The monoisotopic (exact) mass is 370 g/mol. The SMILES string of the molecule is Cc1ccccc1OCC(=O)N1C[C@@H](C)N(Cc2ccc(F)cc2)C[C@@H]1C. The van der Waals surface area contributed by atoms with Crippen LogP contribution in [0, 0.1) is 12.7 Å². The fourth-order valence-electron chi connectivity index (χ4n) is 3.53. The summed E-state index contributed by atoms with van der Waals surface area (Å²) in [7, 11) is 0. The Bertz CT molecular complexity index is 778. The maximum Gasteiger partial charge on any atom is 0.260 e. The maximum atomic E-state index is 13.1. The highest BCUT2D eigenvalue weighted by Gasteiger charge is 2.32. The topological polar surface area (TPSA) is 32.8 Å². The van der Waals surface area contributed by atoms with Crippen molar-refractivity contribution >= 4 is 5.91 Å². The Morgan fingerprint density at radius 1 is 1.07 bits per heavy atom. The quantitative estimate of drug-likeness (QED) is 0.806. The molecule has 1 amide bonds. The second-order valence-electron chi connectivity index (χ2n) is 7.35. The molecule has 2 atom stereocenters. The summed E-state index contributed by atoms with van der Waals surface area (Å²) in [4.78, 5) is 16.9. The van der Waals surface area contributed by atoms with Crippen molar-refractivity contribution in [3.63, 3.8) is 0 Å². The molecule has 0 aromatic heterocycles. The molecular formula is C22H27FN2O2. The van der Waals surface area contributed by atoms with Gasteiger partial charge in [0.2, 0.25) is 0 Å². The summed E-state index contributed by atoms with van der Waals surface area (Å²) in [5, 5.41) is 0. The molecule has 1 heterocycles. The standard InChI is InChI=1S/C22H27FN2O2/c1-16-6-4-5-7-21(16)27-15-22(26)25-13-17(2)24(12-18(25)3)14-19-8-10-20(23)11-9-19/h4-11,17-18H,12-15H2,1-3H3/t17-,18+/m1/s1. The Morgan fingerprint density at radius 2 is 1.78 bits per heavy atom. The van der Waals surface area contributed by atoms with E-state index >= 15 is 0 Å². The highest BCUT2D eigenvalue weighted by Crippen LogP contribution is 2.20. The van der Waals surface area contributed by atoms with Crippen LogP contribution in [0.25, 0.3) is 0 Å². The molecule has 27 heavy (non-hydrogen) atoms. The Labute approximate surface area is 160 Å². The van der Waals surface area contributed by atoms with E-state index in [-0.39, 0.29) is 30.4 Å². The van der Waals surface area contributed by atoms with Crippen LogP contribution in [-0.2, 0) is 11.3 Å². The minimum Gasteiger partial charge on any atom is -0.484 e. The van der Waals surface area contributed by atoms with Crippen LogP contribution in [0.4, 0.5) is 4.39 Å². The summed E-state index contributed by atoms with van der Waals surface area (Å²) in [5.74, 6) is 0.546. The van der Waals surface area contributed by atoms with Gasteiger partial charge in [0.25, 0.3) is 5.91 Å². The lowest BCUT2D eigenvalue weighted by atomic mass is 10.1. The number of halogens is 1. The van der Waals surface area contributed by atoms with E-state index in [1.54, 1.807) is 0 Å². The van der Waals surface area contributed by atoms with Gasteiger partial charge in [-0.2, -0.15) is 0 Å². The molecule has 1 aliphatic rings. The number of para-hydroxylation sites is 1. The van der Waals surface area contributed by atoms with Crippen molar-refractivity contribution in [2.24, 2.45) is 0 Å². The summed E-state index contributed by atoms with van der Waals surface area (Å²) >= 11 is 0. The van der Waals surface area contributed by atoms with E-state index in [4.69, 9.17) is 4.74 Å². The lowest BCUT2D eigenvalue weighted by molar-refractivity contribution is -0.139. The lowest BCUT2D eigenvalue weighted by Crippen LogP contribution is -2.58. The second-order valence-corrected chi connectivity index (χ2v) is 7.35. The molecule has 4 nitrogen and oxygen atoms in total. The van der Waals surface area contributed by atoms with Crippen molar-refractivity contribution in [2.75, 3.05) is 19.7 Å². The first kappa shape index (κ1) is 19.4. The van der Waals surface area contributed by atoms with Crippen molar-refractivity contribution in [1.29, 1.82) is 0 Å². The fraction of sp³-hybridized carbons (Fsp3) is 0.409. The number of hydrogen-bond donors (Lipinski definition) is 0. The van der Waals surface area contributed by atoms with Crippen LogP contribution in [0.5, 0.6) is 5.75 Å². The molecule has 3 rings (SSSR count). The number of carbonyl (C=O) groups excluding carboxylic acids is 1. The summed E-state index contributed by atoms with van der Waals surface area (Å²) in [6.07, 6.45) is 0. The lowest BCUT2D eigenvalue weighted by Gasteiger charge is -2.44. The third kappa shape index (κ3) is 4.86. The van der Waals surface area contributed by atoms with Crippen molar-refractivity contribution in [2.45, 2.75) is 39.4 Å². The number of carbonyl (C=O) groups is 1. The molecule has 2 aromatic carbocycles. The first-order chi connectivity index (χ1) is 12.9. The summed E-state index contributed by atoms with van der Waals surface area (Å²) in [5.41, 5.74) is 2.11. The maximum absolute atomic E-state index is 13.1. The number of amides is 1. The average Bonchev–Trinajstić information content (AvgIpc) is 2.65. The molecule has 0 aliphatic carbocycles. The molecule has 0 bridgehead atoms. The van der Waals surface area contributed by atoms with Gasteiger partial charge in [-0.3, -0.25) is 9.69 Å². The largest absolute Gasteiger partial charge is 0.484 e. The number of aryl methyl sites for hydroxylation is 1. The molecule has 5 heteroatoms. The van der Waals surface area contributed by atoms with Crippen LogP contribution < -0.4 is 4.74 Å². The van der Waals surface area contributed by atoms with Crippen LogP contribution in [0.15, 0.2) is 48.5 Å². The van der Waals surface area contributed by atoms with Crippen molar-refractivity contribution in [1.82, 2.24) is 9.80 Å². The molecule has 1 aliphatic heterocycles. The van der Waals surface area contributed by atoms with Gasteiger partial charge in [0.15, 0.2) is 6.61 Å². The molecule has 2 aromatic rings. The van der Waals surface area contributed by atoms with Crippen LogP contribution in [0.2, 0.25) is 0 Å². The predicted molar refractivity (Wildman–Crippen MR) is 104 cm³/mol. The molecule has 1 fully saturated rings. The van der Waals surface area contributed by atoms with E-state index < -0.39 is 0 Å². The van der Waals surface area contributed by atoms with Gasteiger partial charge in [-0.25, -0.2) is 4.39 Å². The van der Waals surface area contributed by atoms with E-state index in [1.165, 1.54) is 12.1 Å². The van der Waals surface area contributed by atoms with Crippen molar-refractivity contribution in [3.8, 4) is 5.75 Å². The third-order valence-corrected chi connectivity index (χ3v) is 5.18. The van der Waals surface area contributed by atoms with Gasteiger partial charge in [0, 0.05) is 31.7 Å². The molecule has 0 spiro atoms. The summed E-state index contributed by atoms with van der Waals surface area (Å²) in [6, 6.07) is 14.7. The second kappa shape index (κ2) is 8.53. The Morgan fingerprint density at radius 3 is 2.48 bits per heavy atom. The average molecular weight is 370 g/mol. The molecule has 0 N–H and O–H groups in total. The van der Waals surface area contributed by atoms with Gasteiger partial charge >= 0.3 is 0 Å². The van der Waals surface area contributed by atoms with Gasteiger partial charge in [-0.05, 0) is 50.1 Å². The van der Waals surface area contributed by atoms with E-state index in [0.717, 1.165) is 30.0 Å². The van der Waals surface area contributed by atoms with Gasteiger partial charge in [0.05, 0.1) is 0 Å². The van der Waals surface area contributed by atoms with Crippen LogP contribution >= 0.6 is 0 Å². The van der Waals surface area contributed by atoms with Crippen LogP contribution in [0.3, 0.4) is 0 Å². The number of hydrogen-bond acceptors (Lipinski definition) is 3. The Hall–Kier alpha value is -2.40. The predicted octanol–water partition coefficient (Wildman–Crippen LogP) is 3.63. The van der Waals surface area contributed by atoms with Gasteiger partial charge in [-0.1, -0.05) is 30.3 Å². The zero-order chi connectivity index (χ0) is 19.4. The minimum absolute atomic E-state index is 0.0130. The third-order valence-electron chi connectivity index (χ3n) is 5.18. The molecule has 1 saturated heterocycles. The number of nitrogens with zero attached hydrogens (tertiary/aromatic N) is 2. The van der Waals surface area contributed by atoms with E-state index in [0.29, 0.717) is 6.54 Å². The van der Waals surface area contributed by atoms with Crippen LogP contribution in [-0.4, -0.2) is 47.5 Å². The zero-order valence-corrected chi connectivity index (χ0v) is 16.2. The number of rotatable bonds is 5. The molecule has 0 saturated carbocycles. The smallest absolute Gasteiger partial charge is 0.260 e. The Balaban J connectivity index is 1.56. The molecule has 0 radical (unpaired) electrons. The van der Waals surface area contributed by atoms with E-state index in [9.17, 15) is 9.18 Å². The first-order valence-corrected chi connectivity index (χ1v) is 9.40. The number of piperazine rings is 1. The van der Waals surface area contributed by atoms with Crippen molar-refractivity contribution in [3.05, 3.63) is 65.5 Å². The molecule has 0 unspecified atom stereocenters. The minimum atomic E-state index is -0.218. The number of ether oxygens (including phenoxy) is 1. The van der Waals surface area contributed by atoms with E-state index in [2.05, 4.69) is 18.7 Å². The normalized spacial score (nSPS) is 20.5. The number of benzene rings is 2. The fourth-order valence-corrected chi connectivity index (χ4v) is 3.53. The highest BCUT2D eigenvalue weighted by atomic mass is 19.1. The highest BCUT2D eigenvalue weighted by molar-refractivity contribution is 5.78. The van der Waals surface area contributed by atoms with Gasteiger partial charge in [-0.15, -0.1) is 0 Å². The van der Waals surface area contributed by atoms with Crippen LogP contribution in [0.1, 0.15) is 25.0 Å². The van der Waals surface area contributed by atoms with Crippen molar-refractivity contribution < 1.29 is 13.9 Å². The van der Waals surface area contributed by atoms with E-state index in [1.807, 2.05) is 48.2 Å². The summed E-state index contributed by atoms with van der Waals surface area (Å²) < 4.78 is 18.8. The molecule has 144 valence electrons.